The molecule has 0 saturated carbocycles. The van der Waals surface area contributed by atoms with Gasteiger partial charge in [0.05, 0.1) is 17.7 Å². The molecule has 0 atom stereocenters. The van der Waals surface area contributed by atoms with Gasteiger partial charge in [-0.15, -0.1) is 0 Å². The highest BCUT2D eigenvalue weighted by Gasteiger charge is 2.27. The van der Waals surface area contributed by atoms with Gasteiger partial charge in [0.25, 0.3) is 5.91 Å². The monoisotopic (exact) mass is 492 g/mol. The first-order valence-corrected chi connectivity index (χ1v) is 12.8. The molecule has 0 saturated heterocycles. The van der Waals surface area contributed by atoms with Crippen LogP contribution in [0.3, 0.4) is 0 Å². The van der Waals surface area contributed by atoms with Crippen LogP contribution >= 0.6 is 0 Å². The van der Waals surface area contributed by atoms with Crippen LogP contribution in [0.1, 0.15) is 77.4 Å². The van der Waals surface area contributed by atoms with E-state index < -0.39 is 0 Å². The number of H-pyrrole nitrogens is 1. The zero-order chi connectivity index (χ0) is 25.7. The summed E-state index contributed by atoms with van der Waals surface area (Å²) in [6, 6.07) is 9.01. The summed E-state index contributed by atoms with van der Waals surface area (Å²) in [6.07, 6.45) is 5.39. The Hall–Kier alpha value is -3.39. The average Bonchev–Trinajstić information content (AvgIpc) is 3.47. The molecule has 1 aliphatic rings. The van der Waals surface area contributed by atoms with Crippen LogP contribution in [0.25, 0.3) is 10.9 Å². The molecule has 3 aromatic rings. The number of ether oxygens (including phenoxy) is 1. The van der Waals surface area contributed by atoms with Crippen molar-refractivity contribution >= 4 is 22.6 Å². The number of phenolic OH excluding ortho intramolecular Hbond substituents is 1. The molecule has 0 aliphatic carbocycles. The number of nitrogens with zero attached hydrogens (tertiary/aromatic N) is 3. The maximum atomic E-state index is 13.4. The fourth-order valence-corrected chi connectivity index (χ4v) is 4.61. The maximum Gasteiger partial charge on any atom is 0.258 e. The van der Waals surface area contributed by atoms with Crippen LogP contribution in [0.2, 0.25) is 0 Å². The van der Waals surface area contributed by atoms with E-state index in [1.165, 1.54) is 6.07 Å². The Morgan fingerprint density at radius 2 is 1.89 bits per heavy atom. The smallest absolute Gasteiger partial charge is 0.258 e. The van der Waals surface area contributed by atoms with Crippen molar-refractivity contribution in [3.63, 3.8) is 0 Å². The number of amides is 1. The highest BCUT2D eigenvalue weighted by atomic mass is 16.5. The second-order valence-electron chi connectivity index (χ2n) is 9.82. The van der Waals surface area contributed by atoms with E-state index in [1.807, 2.05) is 32.3 Å². The van der Waals surface area contributed by atoms with Gasteiger partial charge in [0.2, 0.25) is 0 Å². The van der Waals surface area contributed by atoms with Crippen molar-refractivity contribution in [1.82, 2.24) is 20.0 Å². The molecule has 8 nitrogen and oxygen atoms in total. The number of hydrogen-bond acceptors (Lipinski definition) is 6. The first-order valence-electron chi connectivity index (χ1n) is 12.8. The van der Waals surface area contributed by atoms with Gasteiger partial charge < -0.3 is 19.6 Å². The number of Topliss-reactive ketones (excluding diaryl/α,β-unsaturated/α-hetero) is 1. The largest absolute Gasteiger partial charge is 0.507 e. The Morgan fingerprint density at radius 3 is 2.67 bits per heavy atom. The fraction of sp³-hybridized carbons (Fsp3) is 0.464. The number of hydrogen-bond donors (Lipinski definition) is 2. The quantitative estimate of drug-likeness (QED) is 0.275. The predicted molar refractivity (Wildman–Crippen MR) is 140 cm³/mol. The third-order valence-electron chi connectivity index (χ3n) is 6.64. The zero-order valence-corrected chi connectivity index (χ0v) is 21.5. The lowest BCUT2D eigenvalue weighted by atomic mass is 10.0. The average molecular weight is 493 g/mol. The van der Waals surface area contributed by atoms with Gasteiger partial charge in [-0.1, -0.05) is 32.3 Å². The Labute approximate surface area is 212 Å². The molecule has 192 valence electrons. The molecule has 0 radical (unpaired) electrons. The number of ketones is 1. The number of aromatic nitrogens is 2. The van der Waals surface area contributed by atoms with Gasteiger partial charge in [-0.05, 0) is 56.3 Å². The lowest BCUT2D eigenvalue weighted by Crippen LogP contribution is -2.25. The number of carbonyl (C=O) groups excluding carboxylic acids is 2. The highest BCUT2D eigenvalue weighted by molar-refractivity contribution is 6.09. The first-order chi connectivity index (χ1) is 17.4. The van der Waals surface area contributed by atoms with E-state index in [0.717, 1.165) is 55.5 Å². The van der Waals surface area contributed by atoms with Crippen LogP contribution < -0.4 is 4.74 Å². The minimum absolute atomic E-state index is 0.0480. The van der Waals surface area contributed by atoms with Crippen molar-refractivity contribution in [2.75, 3.05) is 27.2 Å². The number of rotatable bonds is 12. The normalized spacial score (nSPS) is 12.9. The Kier molecular flexibility index (Phi) is 8.25. The summed E-state index contributed by atoms with van der Waals surface area (Å²) >= 11 is 0. The van der Waals surface area contributed by atoms with Gasteiger partial charge in [0.1, 0.15) is 17.2 Å². The van der Waals surface area contributed by atoms with E-state index in [1.54, 1.807) is 11.0 Å². The predicted octanol–water partition coefficient (Wildman–Crippen LogP) is 4.91. The minimum Gasteiger partial charge on any atom is -0.507 e. The number of nitrogens with one attached hydrogen (secondary N) is 1. The Bertz CT molecular complexity index is 1230. The lowest BCUT2D eigenvalue weighted by molar-refractivity contribution is 0.0748. The SMILES string of the molecule is CCCCCCC(=O)c1n[nH]c2cc(O)c(C(=O)N3Cc4ccc(OCCCN(C)C)cc4C3)cc12. The van der Waals surface area contributed by atoms with Crippen molar-refractivity contribution in [3.05, 3.63) is 52.7 Å². The summed E-state index contributed by atoms with van der Waals surface area (Å²) in [4.78, 5) is 30.0. The molecule has 8 heteroatoms. The minimum atomic E-state index is -0.276. The van der Waals surface area contributed by atoms with E-state index >= 15 is 0 Å². The molecule has 0 fully saturated rings. The number of fused-ring (bicyclic) bond motifs is 2. The molecule has 1 amide bonds. The van der Waals surface area contributed by atoms with Crippen molar-refractivity contribution in [3.8, 4) is 11.5 Å². The van der Waals surface area contributed by atoms with Crippen LogP contribution in [0.15, 0.2) is 30.3 Å². The molecule has 0 unspecified atom stereocenters. The van der Waals surface area contributed by atoms with E-state index in [-0.39, 0.29) is 23.0 Å². The molecule has 2 N–H and O–H groups in total. The molecule has 2 aromatic carbocycles. The zero-order valence-electron chi connectivity index (χ0n) is 21.5. The third kappa shape index (κ3) is 5.87. The standard InChI is InChI=1S/C28H36N4O4/c1-4-5-6-7-9-25(33)27-22-15-23(26(34)16-24(22)29-30-27)28(35)32-17-19-10-11-21(14-20(19)18-32)36-13-8-12-31(2)3/h10-11,14-16,34H,4-9,12-13,17-18H2,1-3H3,(H,29,30). The van der Waals surface area contributed by atoms with Crippen LogP contribution in [0, 0.1) is 0 Å². The molecule has 1 aliphatic heterocycles. The van der Waals surface area contributed by atoms with E-state index in [0.29, 0.717) is 42.7 Å². The second-order valence-corrected chi connectivity index (χ2v) is 9.82. The number of phenols is 1. The third-order valence-corrected chi connectivity index (χ3v) is 6.64. The topological polar surface area (TPSA) is 98.8 Å². The fourth-order valence-electron chi connectivity index (χ4n) is 4.61. The Balaban J connectivity index is 1.46. The van der Waals surface area contributed by atoms with Gasteiger partial charge in [-0.2, -0.15) is 5.10 Å². The summed E-state index contributed by atoms with van der Waals surface area (Å²) in [5.41, 5.74) is 3.16. The molecular weight excluding hydrogens is 456 g/mol. The summed E-state index contributed by atoms with van der Waals surface area (Å²) in [5.74, 6) is 0.347. The van der Waals surface area contributed by atoms with Crippen molar-refractivity contribution in [2.24, 2.45) is 0 Å². The molecule has 0 spiro atoms. The summed E-state index contributed by atoms with van der Waals surface area (Å²) < 4.78 is 5.89. The van der Waals surface area contributed by atoms with Crippen molar-refractivity contribution < 1.29 is 19.4 Å². The van der Waals surface area contributed by atoms with Crippen LogP contribution in [-0.4, -0.2) is 64.0 Å². The van der Waals surface area contributed by atoms with Gasteiger partial charge in [0.15, 0.2) is 5.78 Å². The highest BCUT2D eigenvalue weighted by Crippen LogP contribution is 2.32. The van der Waals surface area contributed by atoms with Crippen molar-refractivity contribution in [2.45, 2.75) is 58.5 Å². The van der Waals surface area contributed by atoms with Gasteiger partial charge in [0, 0.05) is 37.5 Å². The molecule has 0 bridgehead atoms. The number of carbonyl (C=O) groups is 2. The van der Waals surface area contributed by atoms with Crippen LogP contribution in [-0.2, 0) is 13.1 Å². The molecule has 4 rings (SSSR count). The molecule has 2 heterocycles. The number of benzene rings is 2. The maximum absolute atomic E-state index is 13.4. The number of aromatic hydroxyl groups is 1. The first kappa shape index (κ1) is 25.7. The van der Waals surface area contributed by atoms with E-state index in [2.05, 4.69) is 22.0 Å². The van der Waals surface area contributed by atoms with Crippen LogP contribution in [0.4, 0.5) is 0 Å². The summed E-state index contributed by atoms with van der Waals surface area (Å²) in [7, 11) is 4.08. The summed E-state index contributed by atoms with van der Waals surface area (Å²) in [6.45, 7) is 4.63. The van der Waals surface area contributed by atoms with Gasteiger partial charge >= 0.3 is 0 Å². The van der Waals surface area contributed by atoms with Crippen LogP contribution in [0.5, 0.6) is 11.5 Å². The lowest BCUT2D eigenvalue weighted by Gasteiger charge is -2.16. The molecule has 1 aromatic heterocycles. The van der Waals surface area contributed by atoms with E-state index in [9.17, 15) is 14.7 Å². The van der Waals surface area contributed by atoms with Gasteiger partial charge in [-0.3, -0.25) is 14.7 Å². The number of aromatic amines is 1. The van der Waals surface area contributed by atoms with Gasteiger partial charge in [-0.25, -0.2) is 0 Å². The Morgan fingerprint density at radius 1 is 1.08 bits per heavy atom. The number of unbranched alkanes of at least 4 members (excludes halogenated alkanes) is 3. The van der Waals surface area contributed by atoms with E-state index in [4.69, 9.17) is 4.74 Å². The second kappa shape index (κ2) is 11.6. The summed E-state index contributed by atoms with van der Waals surface area (Å²) in [5, 5.41) is 18.2. The molecule has 36 heavy (non-hydrogen) atoms. The molecular formula is C28H36N4O4. The van der Waals surface area contributed by atoms with Crippen molar-refractivity contribution in [1.29, 1.82) is 0 Å².